The molecule has 7 nitrogen and oxygen atoms in total. The van der Waals surface area contributed by atoms with Crippen LogP contribution in [-0.2, 0) is 19.6 Å². The van der Waals surface area contributed by atoms with E-state index in [2.05, 4.69) is 10.6 Å². The van der Waals surface area contributed by atoms with Gasteiger partial charge in [0.1, 0.15) is 0 Å². The molecule has 0 unspecified atom stereocenters. The monoisotopic (exact) mass is 451 g/mol. The second-order valence-electron chi connectivity index (χ2n) is 9.49. The van der Waals surface area contributed by atoms with Gasteiger partial charge in [-0.15, -0.1) is 0 Å². The lowest BCUT2D eigenvalue weighted by atomic mass is 9.81. The van der Waals surface area contributed by atoms with Crippen molar-refractivity contribution >= 4 is 27.5 Å². The van der Waals surface area contributed by atoms with Crippen molar-refractivity contribution in [1.82, 2.24) is 9.62 Å². The summed E-state index contributed by atoms with van der Waals surface area (Å²) in [5.74, 6) is -0.359. The van der Waals surface area contributed by atoms with Gasteiger partial charge in [-0.3, -0.25) is 9.59 Å². The Hall–Kier alpha value is -1.93. The summed E-state index contributed by atoms with van der Waals surface area (Å²) in [5.41, 5.74) is -0.0651. The summed E-state index contributed by atoms with van der Waals surface area (Å²) in [7, 11) is -3.65. The fourth-order valence-corrected chi connectivity index (χ4v) is 5.94. The Morgan fingerprint density at radius 2 is 1.68 bits per heavy atom. The van der Waals surface area contributed by atoms with Gasteiger partial charge in [0.05, 0.1) is 10.3 Å². The molecule has 0 radical (unpaired) electrons. The standard InChI is InChI=1S/C23H37N3O4S/c1-7-26(8-2)31(29,30)19-15-18(12-11-17(19)3)24-21(28)23(13-9-10-14-23)16-20(27)25-22(4,5)6/h11-12,15H,7-10,13-14,16H2,1-6H3,(H,24,28)(H,25,27). The molecule has 2 N–H and O–H groups in total. The summed E-state index contributed by atoms with van der Waals surface area (Å²) in [6.45, 7) is 11.8. The Morgan fingerprint density at radius 3 is 2.19 bits per heavy atom. The smallest absolute Gasteiger partial charge is 0.243 e. The minimum atomic E-state index is -3.65. The van der Waals surface area contributed by atoms with Crippen molar-refractivity contribution in [2.45, 2.75) is 84.1 Å². The van der Waals surface area contributed by atoms with Crippen molar-refractivity contribution in [2.75, 3.05) is 18.4 Å². The average molecular weight is 452 g/mol. The molecule has 2 rings (SSSR count). The summed E-state index contributed by atoms with van der Waals surface area (Å²) >= 11 is 0. The fraction of sp³-hybridized carbons (Fsp3) is 0.652. The number of carbonyl (C=O) groups is 2. The van der Waals surface area contributed by atoms with Crippen molar-refractivity contribution in [3.8, 4) is 0 Å². The Morgan fingerprint density at radius 1 is 1.10 bits per heavy atom. The Kier molecular flexibility index (Phi) is 7.92. The van der Waals surface area contributed by atoms with Gasteiger partial charge in [-0.1, -0.05) is 32.8 Å². The van der Waals surface area contributed by atoms with Gasteiger partial charge >= 0.3 is 0 Å². The van der Waals surface area contributed by atoms with E-state index in [0.29, 0.717) is 37.2 Å². The summed E-state index contributed by atoms with van der Waals surface area (Å²) < 4.78 is 27.4. The number of anilines is 1. The molecule has 31 heavy (non-hydrogen) atoms. The largest absolute Gasteiger partial charge is 0.351 e. The van der Waals surface area contributed by atoms with Gasteiger partial charge in [0, 0.05) is 30.7 Å². The van der Waals surface area contributed by atoms with Gasteiger partial charge in [0.2, 0.25) is 21.8 Å². The zero-order valence-electron chi connectivity index (χ0n) is 19.7. The van der Waals surface area contributed by atoms with E-state index < -0.39 is 15.4 Å². The van der Waals surface area contributed by atoms with Crippen molar-refractivity contribution in [3.63, 3.8) is 0 Å². The highest BCUT2D eigenvalue weighted by Crippen LogP contribution is 2.42. The highest BCUT2D eigenvalue weighted by Gasteiger charge is 2.43. The predicted octanol–water partition coefficient (Wildman–Crippen LogP) is 3.83. The maximum Gasteiger partial charge on any atom is 0.243 e. The second-order valence-corrected chi connectivity index (χ2v) is 11.4. The van der Waals surface area contributed by atoms with Crippen LogP contribution < -0.4 is 10.6 Å². The van der Waals surface area contributed by atoms with Crippen molar-refractivity contribution < 1.29 is 18.0 Å². The number of aryl methyl sites for hydroxylation is 1. The first-order valence-electron chi connectivity index (χ1n) is 11.1. The van der Waals surface area contributed by atoms with Crippen molar-refractivity contribution in [2.24, 2.45) is 5.41 Å². The zero-order valence-corrected chi connectivity index (χ0v) is 20.5. The first-order valence-corrected chi connectivity index (χ1v) is 12.5. The first-order chi connectivity index (χ1) is 14.3. The SMILES string of the molecule is CCN(CC)S(=O)(=O)c1cc(NC(=O)C2(CC(=O)NC(C)(C)C)CCCC2)ccc1C. The molecule has 2 amide bonds. The van der Waals surface area contributed by atoms with Crippen LogP contribution in [0.25, 0.3) is 0 Å². The maximum absolute atomic E-state index is 13.3. The molecule has 0 saturated heterocycles. The Labute approximate surface area is 187 Å². The number of amides is 2. The minimum absolute atomic E-state index is 0.132. The number of rotatable bonds is 8. The normalized spacial score (nSPS) is 16.4. The van der Waals surface area contributed by atoms with Gasteiger partial charge in [-0.05, 0) is 58.2 Å². The Balaban J connectivity index is 2.28. The molecule has 0 aliphatic heterocycles. The van der Waals surface area contributed by atoms with Gasteiger partial charge in [0.15, 0.2) is 0 Å². The number of benzene rings is 1. The van der Waals surface area contributed by atoms with Crippen LogP contribution in [-0.4, -0.2) is 43.2 Å². The van der Waals surface area contributed by atoms with Gasteiger partial charge in [-0.25, -0.2) is 8.42 Å². The highest BCUT2D eigenvalue weighted by molar-refractivity contribution is 7.89. The third-order valence-electron chi connectivity index (χ3n) is 5.82. The van der Waals surface area contributed by atoms with Crippen LogP contribution in [0, 0.1) is 12.3 Å². The van der Waals surface area contributed by atoms with Crippen LogP contribution in [0.5, 0.6) is 0 Å². The predicted molar refractivity (Wildman–Crippen MR) is 123 cm³/mol. The average Bonchev–Trinajstić information content (AvgIpc) is 3.12. The van der Waals surface area contributed by atoms with Crippen molar-refractivity contribution in [1.29, 1.82) is 0 Å². The van der Waals surface area contributed by atoms with Crippen LogP contribution in [0.4, 0.5) is 5.69 Å². The van der Waals surface area contributed by atoms with Gasteiger partial charge in [-0.2, -0.15) is 4.31 Å². The van der Waals surface area contributed by atoms with E-state index in [4.69, 9.17) is 0 Å². The van der Waals surface area contributed by atoms with Crippen LogP contribution >= 0.6 is 0 Å². The molecule has 1 fully saturated rings. The van der Waals surface area contributed by atoms with E-state index in [9.17, 15) is 18.0 Å². The van der Waals surface area contributed by atoms with E-state index in [1.165, 1.54) is 10.4 Å². The number of carbonyl (C=O) groups excluding carboxylic acids is 2. The molecule has 8 heteroatoms. The molecule has 0 aromatic heterocycles. The molecule has 1 aliphatic rings. The van der Waals surface area contributed by atoms with Crippen LogP contribution in [0.3, 0.4) is 0 Å². The number of hydrogen-bond acceptors (Lipinski definition) is 4. The first kappa shape index (κ1) is 25.3. The third-order valence-corrected chi connectivity index (χ3v) is 8.02. The highest BCUT2D eigenvalue weighted by atomic mass is 32.2. The van der Waals surface area contributed by atoms with Gasteiger partial charge in [0.25, 0.3) is 0 Å². The number of sulfonamides is 1. The third kappa shape index (κ3) is 6.07. The van der Waals surface area contributed by atoms with Crippen molar-refractivity contribution in [3.05, 3.63) is 23.8 Å². The lowest BCUT2D eigenvalue weighted by molar-refractivity contribution is -0.133. The van der Waals surface area contributed by atoms with E-state index >= 15 is 0 Å². The molecule has 1 aromatic carbocycles. The molecule has 0 heterocycles. The molecule has 0 bridgehead atoms. The van der Waals surface area contributed by atoms with E-state index in [1.807, 2.05) is 20.8 Å². The van der Waals surface area contributed by atoms with Gasteiger partial charge < -0.3 is 10.6 Å². The number of nitrogens with one attached hydrogen (secondary N) is 2. The van der Waals surface area contributed by atoms with E-state index in [0.717, 1.165) is 12.8 Å². The molecule has 0 spiro atoms. The maximum atomic E-state index is 13.3. The quantitative estimate of drug-likeness (QED) is 0.628. The fourth-order valence-electron chi connectivity index (χ4n) is 4.23. The molecule has 0 atom stereocenters. The molecular weight excluding hydrogens is 414 g/mol. The summed E-state index contributed by atoms with van der Waals surface area (Å²) in [4.78, 5) is 26.0. The summed E-state index contributed by atoms with van der Waals surface area (Å²) in [6.07, 6.45) is 3.21. The summed E-state index contributed by atoms with van der Waals surface area (Å²) in [6, 6.07) is 4.95. The minimum Gasteiger partial charge on any atom is -0.351 e. The molecule has 1 saturated carbocycles. The van der Waals surface area contributed by atoms with E-state index in [1.54, 1.807) is 32.9 Å². The summed E-state index contributed by atoms with van der Waals surface area (Å²) in [5, 5.41) is 5.85. The topological polar surface area (TPSA) is 95.6 Å². The lowest BCUT2D eigenvalue weighted by Crippen LogP contribution is -2.45. The molecular formula is C23H37N3O4S. The number of nitrogens with zero attached hydrogens (tertiary/aromatic N) is 1. The zero-order chi connectivity index (χ0) is 23.4. The lowest BCUT2D eigenvalue weighted by Gasteiger charge is -2.29. The molecule has 1 aromatic rings. The number of hydrogen-bond donors (Lipinski definition) is 2. The Bertz CT molecular complexity index is 909. The van der Waals surface area contributed by atoms with Crippen LogP contribution in [0.1, 0.15) is 72.3 Å². The molecule has 1 aliphatic carbocycles. The van der Waals surface area contributed by atoms with E-state index in [-0.39, 0.29) is 28.7 Å². The van der Waals surface area contributed by atoms with Crippen LogP contribution in [0.2, 0.25) is 0 Å². The second kappa shape index (κ2) is 9.69. The molecule has 174 valence electrons. The van der Waals surface area contributed by atoms with Crippen LogP contribution in [0.15, 0.2) is 23.1 Å².